The molecule has 0 heterocycles. The molecule has 8 nitrogen and oxygen atoms in total. The lowest BCUT2D eigenvalue weighted by atomic mass is 10.0. The van der Waals surface area contributed by atoms with E-state index in [4.69, 9.17) is 9.05 Å². The number of hydrogen-bond donors (Lipinski definition) is 3. The highest BCUT2D eigenvalue weighted by atomic mass is 31.2. The lowest BCUT2D eigenvalue weighted by molar-refractivity contribution is -0.870. The molecule has 0 aromatic rings. The lowest BCUT2D eigenvalue weighted by Crippen LogP contribution is -2.46. The Morgan fingerprint density at radius 2 is 0.826 bits per heavy atom. The molecule has 0 spiro atoms. The van der Waals surface area contributed by atoms with E-state index in [9.17, 15) is 19.4 Å². The lowest BCUT2D eigenvalue weighted by Gasteiger charge is -2.26. The molecule has 0 aliphatic heterocycles. The third-order valence-corrected chi connectivity index (χ3v) is 14.9. The third-order valence-electron chi connectivity index (χ3n) is 14.0. The molecule has 0 saturated carbocycles. The van der Waals surface area contributed by atoms with Gasteiger partial charge in [-0.1, -0.05) is 276 Å². The average molecular weight is 997 g/mol. The maximum absolute atomic E-state index is 12.9. The Balaban J connectivity index is 3.73. The molecule has 0 fully saturated rings. The van der Waals surface area contributed by atoms with Crippen molar-refractivity contribution in [2.45, 2.75) is 315 Å². The number of carbonyl (C=O) groups excluding carboxylic acids is 1. The Morgan fingerprint density at radius 3 is 1.19 bits per heavy atom. The zero-order chi connectivity index (χ0) is 50.6. The maximum Gasteiger partial charge on any atom is 0.472 e. The second-order valence-electron chi connectivity index (χ2n) is 22.1. The Kier molecular flexibility index (Phi) is 51.1. The van der Waals surface area contributed by atoms with Gasteiger partial charge in [0.1, 0.15) is 13.2 Å². The fourth-order valence-electron chi connectivity index (χ4n) is 9.20. The first kappa shape index (κ1) is 68.0. The van der Waals surface area contributed by atoms with E-state index in [0.717, 1.165) is 44.9 Å². The fourth-order valence-corrected chi connectivity index (χ4v) is 9.93. The van der Waals surface area contributed by atoms with E-state index >= 15 is 0 Å². The van der Waals surface area contributed by atoms with Gasteiger partial charge in [0.15, 0.2) is 0 Å². The molecule has 0 rings (SSSR count). The molecule has 3 N–H and O–H groups in total. The van der Waals surface area contributed by atoms with E-state index in [1.807, 2.05) is 21.1 Å². The predicted molar refractivity (Wildman–Crippen MR) is 300 cm³/mol. The minimum atomic E-state index is -4.31. The monoisotopic (exact) mass is 996 g/mol. The van der Waals surface area contributed by atoms with Gasteiger partial charge in [0.2, 0.25) is 5.91 Å². The van der Waals surface area contributed by atoms with E-state index in [1.165, 1.54) is 231 Å². The summed E-state index contributed by atoms with van der Waals surface area (Å²) in [6, 6.07) is -0.754. The molecule has 9 heteroatoms. The summed E-state index contributed by atoms with van der Waals surface area (Å²) in [6.45, 7) is 4.87. The minimum absolute atomic E-state index is 0.0770. The Morgan fingerprint density at radius 1 is 0.493 bits per heavy atom. The molecule has 3 atom stereocenters. The normalized spacial score (nSPS) is 14.0. The molecule has 1 amide bonds. The average Bonchev–Trinajstić information content (AvgIpc) is 3.31. The SMILES string of the molecule is CCCCCCC/C=C\C/C=C\CCCCCCCCCCCCCCCCCCCCCCCCCCCCCC(=O)NC(COP(=O)(O)OCC[N+](C)(C)C)C(O)CCCCCCCCCC. The minimum Gasteiger partial charge on any atom is -0.391 e. The first-order valence-corrected chi connectivity index (χ1v) is 31.7. The topological polar surface area (TPSA) is 105 Å². The summed E-state index contributed by atoms with van der Waals surface area (Å²) in [5.41, 5.74) is 0. The van der Waals surface area contributed by atoms with Gasteiger partial charge in [-0.2, -0.15) is 0 Å². The zero-order valence-electron chi connectivity index (χ0n) is 46.8. The van der Waals surface area contributed by atoms with Crippen LogP contribution in [0.5, 0.6) is 0 Å². The van der Waals surface area contributed by atoms with Crippen molar-refractivity contribution in [1.29, 1.82) is 0 Å². The summed E-state index contributed by atoms with van der Waals surface area (Å²) in [4.78, 5) is 23.2. The number of quaternary nitrogens is 1. The van der Waals surface area contributed by atoms with Crippen molar-refractivity contribution in [2.75, 3.05) is 40.9 Å². The number of hydrogen-bond acceptors (Lipinski definition) is 5. The van der Waals surface area contributed by atoms with Crippen molar-refractivity contribution in [1.82, 2.24) is 5.32 Å². The molecule has 0 saturated heterocycles. The van der Waals surface area contributed by atoms with Crippen LogP contribution >= 0.6 is 7.82 Å². The number of nitrogens with one attached hydrogen (secondary N) is 1. The Bertz CT molecular complexity index is 1170. The zero-order valence-corrected chi connectivity index (χ0v) is 47.7. The van der Waals surface area contributed by atoms with Gasteiger partial charge in [-0.3, -0.25) is 13.8 Å². The van der Waals surface area contributed by atoms with Crippen LogP contribution in [0.4, 0.5) is 0 Å². The summed E-state index contributed by atoms with van der Waals surface area (Å²) < 4.78 is 23.6. The molecule has 0 bridgehead atoms. The highest BCUT2D eigenvalue weighted by Gasteiger charge is 2.28. The Hall–Kier alpha value is -1.02. The number of aliphatic hydroxyl groups excluding tert-OH is 1. The quantitative estimate of drug-likeness (QED) is 0.0243. The second-order valence-corrected chi connectivity index (χ2v) is 23.5. The van der Waals surface area contributed by atoms with Crippen molar-refractivity contribution in [3.63, 3.8) is 0 Å². The van der Waals surface area contributed by atoms with Crippen LogP contribution < -0.4 is 5.32 Å². The number of likely N-dealkylation sites (N-methyl/N-ethyl adjacent to an activating group) is 1. The van der Waals surface area contributed by atoms with Gasteiger partial charge in [-0.15, -0.1) is 0 Å². The van der Waals surface area contributed by atoms with Gasteiger partial charge in [-0.05, 0) is 44.9 Å². The van der Waals surface area contributed by atoms with E-state index in [2.05, 4.69) is 43.5 Å². The maximum atomic E-state index is 12.9. The number of aliphatic hydroxyl groups is 1. The second kappa shape index (κ2) is 51.9. The van der Waals surface area contributed by atoms with Crippen molar-refractivity contribution in [3.8, 4) is 0 Å². The molecular weight excluding hydrogens is 876 g/mol. The number of phosphoric acid groups is 1. The van der Waals surface area contributed by atoms with Gasteiger partial charge >= 0.3 is 7.82 Å². The van der Waals surface area contributed by atoms with Crippen LogP contribution in [0.25, 0.3) is 0 Å². The molecule has 0 aliphatic carbocycles. The van der Waals surface area contributed by atoms with Gasteiger partial charge in [-0.25, -0.2) is 4.57 Å². The van der Waals surface area contributed by atoms with E-state index in [-0.39, 0.29) is 19.1 Å². The van der Waals surface area contributed by atoms with Gasteiger partial charge in [0.05, 0.1) is 39.9 Å². The van der Waals surface area contributed by atoms with Crippen LogP contribution in [0, 0.1) is 0 Å². The first-order valence-electron chi connectivity index (χ1n) is 30.2. The Labute approximate surface area is 430 Å². The largest absolute Gasteiger partial charge is 0.472 e. The summed E-state index contributed by atoms with van der Waals surface area (Å²) in [6.07, 6.45) is 65.8. The first-order chi connectivity index (χ1) is 33.5. The number of amides is 1. The summed E-state index contributed by atoms with van der Waals surface area (Å²) in [7, 11) is 1.63. The highest BCUT2D eigenvalue weighted by Crippen LogP contribution is 2.43. The number of nitrogens with zero attached hydrogens (tertiary/aromatic N) is 1. The van der Waals surface area contributed by atoms with Gasteiger partial charge in [0.25, 0.3) is 0 Å². The molecule has 69 heavy (non-hydrogen) atoms. The number of phosphoric ester groups is 1. The molecule has 410 valence electrons. The highest BCUT2D eigenvalue weighted by molar-refractivity contribution is 7.47. The number of allylic oxidation sites excluding steroid dienone is 4. The third kappa shape index (κ3) is 54.6. The van der Waals surface area contributed by atoms with Gasteiger partial charge < -0.3 is 19.8 Å². The molecule has 0 radical (unpaired) electrons. The van der Waals surface area contributed by atoms with Crippen molar-refractivity contribution >= 4 is 13.7 Å². The van der Waals surface area contributed by atoms with Crippen LogP contribution in [-0.2, 0) is 18.4 Å². The van der Waals surface area contributed by atoms with Crippen LogP contribution in [0.2, 0.25) is 0 Å². The van der Waals surface area contributed by atoms with Crippen molar-refractivity contribution < 1.29 is 32.9 Å². The van der Waals surface area contributed by atoms with Crippen molar-refractivity contribution in [2.24, 2.45) is 0 Å². The smallest absolute Gasteiger partial charge is 0.391 e. The molecular formula is C60H120N2O6P+. The van der Waals surface area contributed by atoms with E-state index in [1.54, 1.807) is 0 Å². The van der Waals surface area contributed by atoms with E-state index in [0.29, 0.717) is 23.9 Å². The number of carbonyl (C=O) groups is 1. The molecule has 0 aromatic heterocycles. The predicted octanol–water partition coefficient (Wildman–Crippen LogP) is 18.4. The summed E-state index contributed by atoms with van der Waals surface area (Å²) >= 11 is 0. The van der Waals surface area contributed by atoms with Crippen LogP contribution in [-0.4, -0.2) is 73.4 Å². The number of unbranched alkanes of at least 4 members (excludes halogenated alkanes) is 39. The van der Waals surface area contributed by atoms with E-state index < -0.39 is 20.0 Å². The fraction of sp³-hybridized carbons (Fsp3) is 0.917. The summed E-state index contributed by atoms with van der Waals surface area (Å²) in [5, 5.41) is 13.9. The van der Waals surface area contributed by atoms with Crippen molar-refractivity contribution in [3.05, 3.63) is 24.3 Å². The summed E-state index contributed by atoms with van der Waals surface area (Å²) in [5.74, 6) is -0.142. The van der Waals surface area contributed by atoms with Crippen LogP contribution in [0.3, 0.4) is 0 Å². The molecule has 0 aromatic carbocycles. The van der Waals surface area contributed by atoms with Crippen LogP contribution in [0.1, 0.15) is 303 Å². The van der Waals surface area contributed by atoms with Gasteiger partial charge in [0, 0.05) is 6.42 Å². The van der Waals surface area contributed by atoms with Crippen LogP contribution in [0.15, 0.2) is 24.3 Å². The number of rotatable bonds is 56. The standard InChI is InChI=1S/C60H119N2O6P/c1-6-8-10-12-14-16-17-18-19-20-21-22-23-24-25-26-27-28-29-30-31-32-33-34-35-36-37-38-39-40-41-42-43-44-45-46-48-50-52-54-60(64)61-58(57-68-69(65,66)67-56-55-62(3,4)5)59(63)53-51-49-47-15-13-11-9-7-2/h17-18,20-21,58-59,63H,6-16,19,22-57H2,1-5H3,(H-,61,64,65,66)/p+1/b18-17-,21-20-. The molecule has 3 unspecified atom stereocenters. The molecule has 0 aliphatic rings.